The maximum Gasteiger partial charge on any atom is 0.164 e. The first kappa shape index (κ1) is 33.6. The third-order valence-electron chi connectivity index (χ3n) is 11.3. The van der Waals surface area contributed by atoms with Crippen molar-refractivity contribution >= 4 is 43.1 Å². The second kappa shape index (κ2) is 14.1. The average Bonchev–Trinajstić information content (AvgIpc) is 3.30. The lowest BCUT2D eigenvalue weighted by Gasteiger charge is -2.13. The van der Waals surface area contributed by atoms with Crippen LogP contribution in [0.25, 0.3) is 111 Å². The largest absolute Gasteiger partial charge is 0.208 e. The number of benzene rings is 10. The van der Waals surface area contributed by atoms with Crippen LogP contribution in [-0.4, -0.2) is 15.0 Å². The number of hydrogen-bond donors (Lipinski definition) is 0. The van der Waals surface area contributed by atoms with Crippen molar-refractivity contribution in [3.05, 3.63) is 212 Å². The van der Waals surface area contributed by atoms with Crippen molar-refractivity contribution < 1.29 is 0 Å². The lowest BCUT2D eigenvalue weighted by molar-refractivity contribution is 1.08. The fourth-order valence-electron chi connectivity index (χ4n) is 8.34. The van der Waals surface area contributed by atoms with Crippen LogP contribution < -0.4 is 0 Å². The standard InChI is InChI=1S/C55H35N3/c1-3-12-36(13-4-1)41-30-31-49-43(32-41)19-11-22-50(49)54-56-53(57-55(58-54)51-23-10-18-40-26-27-42(35-52(40)51)37-14-5-2-6-15-37)45-29-25-38-24-28-44(33-46(38)34-45)48-21-9-17-39-16-7-8-20-47(39)48/h1-35H. The van der Waals surface area contributed by atoms with Gasteiger partial charge in [0.05, 0.1) is 0 Å². The molecule has 58 heavy (non-hydrogen) atoms. The zero-order valence-electron chi connectivity index (χ0n) is 31.5. The molecule has 11 rings (SSSR count). The molecule has 0 saturated carbocycles. The molecule has 0 amide bonds. The topological polar surface area (TPSA) is 38.7 Å². The van der Waals surface area contributed by atoms with Crippen LogP contribution in [0.2, 0.25) is 0 Å². The molecular formula is C55H35N3. The van der Waals surface area contributed by atoms with Crippen LogP contribution >= 0.6 is 0 Å². The summed E-state index contributed by atoms with van der Waals surface area (Å²) < 4.78 is 0. The normalized spacial score (nSPS) is 11.4. The SMILES string of the molecule is c1ccc(-c2ccc3c(-c4nc(-c5ccc6ccc(-c7cccc8ccccc78)cc6c5)nc(-c5cccc6ccc(-c7ccccc7)cc56)n4)cccc3c2)cc1. The molecule has 1 aromatic heterocycles. The maximum absolute atomic E-state index is 5.31. The fourth-order valence-corrected chi connectivity index (χ4v) is 8.34. The molecule has 270 valence electrons. The number of rotatable bonds is 6. The molecule has 0 bridgehead atoms. The number of fused-ring (bicyclic) bond motifs is 4. The van der Waals surface area contributed by atoms with Gasteiger partial charge in [-0.3, -0.25) is 0 Å². The van der Waals surface area contributed by atoms with E-state index in [0.29, 0.717) is 17.5 Å². The Balaban J connectivity index is 1.11. The Morgan fingerprint density at radius 3 is 1.41 bits per heavy atom. The first-order valence-electron chi connectivity index (χ1n) is 19.7. The van der Waals surface area contributed by atoms with Crippen LogP contribution in [0.3, 0.4) is 0 Å². The molecule has 0 saturated heterocycles. The lowest BCUT2D eigenvalue weighted by Crippen LogP contribution is -2.01. The summed E-state index contributed by atoms with van der Waals surface area (Å²) in [5, 5.41) is 9.20. The minimum atomic E-state index is 0.631. The van der Waals surface area contributed by atoms with Crippen molar-refractivity contribution in [1.82, 2.24) is 15.0 Å². The van der Waals surface area contributed by atoms with E-state index in [4.69, 9.17) is 15.0 Å². The van der Waals surface area contributed by atoms with Crippen LogP contribution in [0.1, 0.15) is 0 Å². The van der Waals surface area contributed by atoms with Crippen molar-refractivity contribution in [3.63, 3.8) is 0 Å². The first-order chi connectivity index (χ1) is 28.7. The van der Waals surface area contributed by atoms with Gasteiger partial charge in [0.1, 0.15) is 0 Å². The highest BCUT2D eigenvalue weighted by Crippen LogP contribution is 2.37. The summed E-state index contributed by atoms with van der Waals surface area (Å²) in [4.78, 5) is 15.9. The maximum atomic E-state index is 5.31. The predicted octanol–water partition coefficient (Wildman–Crippen LogP) is 14.5. The van der Waals surface area contributed by atoms with E-state index in [-0.39, 0.29) is 0 Å². The molecule has 3 nitrogen and oxygen atoms in total. The molecule has 0 radical (unpaired) electrons. The van der Waals surface area contributed by atoms with Gasteiger partial charge in [-0.15, -0.1) is 0 Å². The van der Waals surface area contributed by atoms with Gasteiger partial charge in [-0.1, -0.05) is 188 Å². The second-order valence-electron chi connectivity index (χ2n) is 14.8. The summed E-state index contributed by atoms with van der Waals surface area (Å²) in [6.45, 7) is 0. The quantitative estimate of drug-likeness (QED) is 0.171. The van der Waals surface area contributed by atoms with E-state index in [2.05, 4.69) is 212 Å². The first-order valence-corrected chi connectivity index (χ1v) is 19.7. The van der Waals surface area contributed by atoms with Crippen LogP contribution in [0.5, 0.6) is 0 Å². The summed E-state index contributed by atoms with van der Waals surface area (Å²) in [7, 11) is 0. The Labute approximate surface area is 336 Å². The number of nitrogens with zero attached hydrogens (tertiary/aromatic N) is 3. The van der Waals surface area contributed by atoms with Crippen LogP contribution in [0, 0.1) is 0 Å². The molecule has 11 aromatic rings. The van der Waals surface area contributed by atoms with Crippen LogP contribution in [0.4, 0.5) is 0 Å². The van der Waals surface area contributed by atoms with Gasteiger partial charge in [-0.05, 0) is 101 Å². The molecule has 0 aliphatic heterocycles. The second-order valence-corrected chi connectivity index (χ2v) is 14.8. The van der Waals surface area contributed by atoms with Gasteiger partial charge in [-0.2, -0.15) is 0 Å². The average molecular weight is 738 g/mol. The summed E-state index contributed by atoms with van der Waals surface area (Å²) in [5.41, 5.74) is 9.93. The highest BCUT2D eigenvalue weighted by molar-refractivity contribution is 6.02. The van der Waals surface area contributed by atoms with Gasteiger partial charge in [0.15, 0.2) is 17.5 Å². The molecule has 1 heterocycles. The predicted molar refractivity (Wildman–Crippen MR) is 242 cm³/mol. The molecular weight excluding hydrogens is 703 g/mol. The Morgan fingerprint density at radius 2 is 0.672 bits per heavy atom. The van der Waals surface area contributed by atoms with Gasteiger partial charge >= 0.3 is 0 Å². The van der Waals surface area contributed by atoms with Crippen molar-refractivity contribution in [1.29, 1.82) is 0 Å². The monoisotopic (exact) mass is 737 g/mol. The molecule has 0 spiro atoms. The third kappa shape index (κ3) is 6.07. The van der Waals surface area contributed by atoms with Gasteiger partial charge in [0.25, 0.3) is 0 Å². The Hall–Kier alpha value is -7.75. The minimum Gasteiger partial charge on any atom is -0.208 e. The van der Waals surface area contributed by atoms with E-state index in [0.717, 1.165) is 54.6 Å². The van der Waals surface area contributed by atoms with Crippen LogP contribution in [-0.2, 0) is 0 Å². The van der Waals surface area contributed by atoms with E-state index in [1.54, 1.807) is 0 Å². The van der Waals surface area contributed by atoms with Gasteiger partial charge in [0, 0.05) is 16.7 Å². The van der Waals surface area contributed by atoms with Crippen molar-refractivity contribution in [2.24, 2.45) is 0 Å². The molecule has 0 atom stereocenters. The molecule has 0 aliphatic rings. The Bertz CT molecular complexity index is 3330. The zero-order chi connectivity index (χ0) is 38.4. The highest BCUT2D eigenvalue weighted by Gasteiger charge is 2.17. The molecule has 0 unspecified atom stereocenters. The Morgan fingerprint density at radius 1 is 0.207 bits per heavy atom. The van der Waals surface area contributed by atoms with E-state index >= 15 is 0 Å². The van der Waals surface area contributed by atoms with Gasteiger partial charge < -0.3 is 0 Å². The summed E-state index contributed by atoms with van der Waals surface area (Å²) >= 11 is 0. The number of hydrogen-bond acceptors (Lipinski definition) is 3. The van der Waals surface area contributed by atoms with E-state index in [9.17, 15) is 0 Å². The molecule has 3 heteroatoms. The smallest absolute Gasteiger partial charge is 0.164 e. The third-order valence-corrected chi connectivity index (χ3v) is 11.3. The summed E-state index contributed by atoms with van der Waals surface area (Å²) in [6, 6.07) is 75.4. The molecule has 0 fully saturated rings. The zero-order valence-corrected chi connectivity index (χ0v) is 31.5. The molecule has 0 N–H and O–H groups in total. The van der Waals surface area contributed by atoms with E-state index in [1.165, 1.54) is 38.6 Å². The number of aromatic nitrogens is 3. The van der Waals surface area contributed by atoms with Crippen LogP contribution in [0.15, 0.2) is 212 Å². The van der Waals surface area contributed by atoms with Gasteiger partial charge in [0.2, 0.25) is 0 Å². The summed E-state index contributed by atoms with van der Waals surface area (Å²) in [5.74, 6) is 1.91. The lowest BCUT2D eigenvalue weighted by atomic mass is 9.95. The van der Waals surface area contributed by atoms with E-state index in [1.807, 2.05) is 0 Å². The Kier molecular flexibility index (Phi) is 8.15. The highest BCUT2D eigenvalue weighted by atomic mass is 15.0. The molecule has 10 aromatic carbocycles. The van der Waals surface area contributed by atoms with Crippen molar-refractivity contribution in [2.75, 3.05) is 0 Å². The van der Waals surface area contributed by atoms with Gasteiger partial charge in [-0.25, -0.2) is 15.0 Å². The summed E-state index contributed by atoms with van der Waals surface area (Å²) in [6.07, 6.45) is 0. The van der Waals surface area contributed by atoms with Crippen molar-refractivity contribution in [3.8, 4) is 67.5 Å². The fraction of sp³-hybridized carbons (Fsp3) is 0. The minimum absolute atomic E-state index is 0.631. The molecule has 0 aliphatic carbocycles. The van der Waals surface area contributed by atoms with Crippen molar-refractivity contribution in [2.45, 2.75) is 0 Å². The van der Waals surface area contributed by atoms with E-state index < -0.39 is 0 Å².